The molecule has 0 saturated carbocycles. The Labute approximate surface area is 187 Å². The van der Waals surface area contributed by atoms with E-state index in [0.29, 0.717) is 11.3 Å². The van der Waals surface area contributed by atoms with E-state index < -0.39 is 52.8 Å². The van der Waals surface area contributed by atoms with Gasteiger partial charge in [0.05, 0.1) is 22.9 Å². The maximum Gasteiger partial charge on any atom is 0.274 e. The standard InChI is InChI=1S/C21H21FN6O5/c1-10-2-5-13(8-15(10)28(32)33)23-19(30)14-9-16(29)25-18-17(14)20(31)27-21(26-18)24-12-6-3-11(22)4-7-12/h2-8,14,17-18,21,24,26H,9H2,1H3,(H,23,30)(H,25,29)(H,27,31). The summed E-state index contributed by atoms with van der Waals surface area (Å²) in [5.74, 6) is -3.80. The lowest BCUT2D eigenvalue weighted by Gasteiger charge is -2.43. The number of hydrogen-bond acceptors (Lipinski definition) is 7. The van der Waals surface area contributed by atoms with Crippen LogP contribution in [0, 0.1) is 34.7 Å². The molecule has 2 aromatic carbocycles. The van der Waals surface area contributed by atoms with Crippen molar-refractivity contribution >= 4 is 34.8 Å². The van der Waals surface area contributed by atoms with Gasteiger partial charge in [0.2, 0.25) is 17.7 Å². The number of aryl methyl sites for hydroxylation is 1. The summed E-state index contributed by atoms with van der Waals surface area (Å²) in [6.45, 7) is 1.58. The Morgan fingerprint density at radius 1 is 1.12 bits per heavy atom. The second-order valence-electron chi connectivity index (χ2n) is 7.89. The molecule has 0 aromatic heterocycles. The SMILES string of the molecule is Cc1ccc(NC(=O)C2CC(=O)NC3NC(Nc4ccc(F)cc4)NC(=O)C32)cc1[N+](=O)[O-]. The first kappa shape index (κ1) is 22.1. The molecule has 4 unspecified atom stereocenters. The zero-order valence-corrected chi connectivity index (χ0v) is 17.4. The summed E-state index contributed by atoms with van der Waals surface area (Å²) in [5, 5.41) is 25.1. The summed E-state index contributed by atoms with van der Waals surface area (Å²) in [7, 11) is 0. The van der Waals surface area contributed by atoms with Crippen molar-refractivity contribution < 1.29 is 23.7 Å². The van der Waals surface area contributed by atoms with Gasteiger partial charge in [-0.2, -0.15) is 0 Å². The number of nitro benzene ring substituents is 1. The molecule has 11 nitrogen and oxygen atoms in total. The van der Waals surface area contributed by atoms with E-state index in [1.54, 1.807) is 6.92 Å². The van der Waals surface area contributed by atoms with Crippen LogP contribution in [0.1, 0.15) is 12.0 Å². The largest absolute Gasteiger partial charge is 0.353 e. The molecule has 4 rings (SSSR count). The summed E-state index contributed by atoms with van der Waals surface area (Å²) in [6.07, 6.45) is -1.82. The number of nitro groups is 1. The number of fused-ring (bicyclic) bond motifs is 1. The average Bonchev–Trinajstić information content (AvgIpc) is 2.75. The van der Waals surface area contributed by atoms with Gasteiger partial charge in [-0.25, -0.2) is 4.39 Å². The molecule has 172 valence electrons. The topological polar surface area (TPSA) is 155 Å². The first-order valence-corrected chi connectivity index (χ1v) is 10.1. The number of rotatable bonds is 5. The Morgan fingerprint density at radius 2 is 1.82 bits per heavy atom. The fourth-order valence-electron chi connectivity index (χ4n) is 3.99. The molecule has 0 bridgehead atoms. The van der Waals surface area contributed by atoms with Crippen LogP contribution in [-0.4, -0.2) is 35.1 Å². The number of amides is 3. The lowest BCUT2D eigenvalue weighted by Crippen LogP contribution is -2.72. The molecule has 2 aliphatic heterocycles. The van der Waals surface area contributed by atoms with E-state index >= 15 is 0 Å². The minimum atomic E-state index is -0.997. The molecule has 12 heteroatoms. The van der Waals surface area contributed by atoms with Gasteiger partial charge in [-0.05, 0) is 37.3 Å². The second-order valence-corrected chi connectivity index (χ2v) is 7.89. The highest BCUT2D eigenvalue weighted by Crippen LogP contribution is 2.29. The Hall–Kier alpha value is -4.06. The Morgan fingerprint density at radius 3 is 2.52 bits per heavy atom. The quantitative estimate of drug-likeness (QED) is 0.334. The van der Waals surface area contributed by atoms with Crippen molar-refractivity contribution in [1.82, 2.24) is 16.0 Å². The van der Waals surface area contributed by atoms with Crippen LogP contribution < -0.4 is 26.6 Å². The van der Waals surface area contributed by atoms with Gasteiger partial charge in [-0.15, -0.1) is 0 Å². The highest BCUT2D eigenvalue weighted by Gasteiger charge is 2.48. The molecule has 2 saturated heterocycles. The van der Waals surface area contributed by atoms with E-state index in [0.717, 1.165) is 0 Å². The summed E-state index contributed by atoms with van der Waals surface area (Å²) in [5.41, 5.74) is 1.01. The van der Waals surface area contributed by atoms with E-state index in [2.05, 4.69) is 26.6 Å². The van der Waals surface area contributed by atoms with Crippen LogP contribution in [0.4, 0.5) is 21.5 Å². The fraction of sp³-hybridized carbons (Fsp3) is 0.286. The Balaban J connectivity index is 1.49. The Kier molecular flexibility index (Phi) is 5.92. The van der Waals surface area contributed by atoms with Crippen molar-refractivity contribution in [2.45, 2.75) is 25.8 Å². The zero-order valence-electron chi connectivity index (χ0n) is 17.4. The molecule has 0 spiro atoms. The van der Waals surface area contributed by atoms with Crippen molar-refractivity contribution in [2.75, 3.05) is 10.6 Å². The summed E-state index contributed by atoms with van der Waals surface area (Å²) >= 11 is 0. The lowest BCUT2D eigenvalue weighted by molar-refractivity contribution is -0.385. The van der Waals surface area contributed by atoms with Gasteiger partial charge < -0.3 is 21.3 Å². The number of piperidine rings is 1. The minimum Gasteiger partial charge on any atom is -0.353 e. The molecular formula is C21H21FN6O5. The van der Waals surface area contributed by atoms with Crippen LogP contribution in [-0.2, 0) is 14.4 Å². The molecule has 33 heavy (non-hydrogen) atoms. The minimum absolute atomic E-state index is 0.154. The van der Waals surface area contributed by atoms with E-state index in [9.17, 15) is 28.9 Å². The average molecular weight is 456 g/mol. The van der Waals surface area contributed by atoms with Crippen LogP contribution in [0.3, 0.4) is 0 Å². The van der Waals surface area contributed by atoms with Gasteiger partial charge >= 0.3 is 0 Å². The second kappa shape index (κ2) is 8.82. The normalized spacial score (nSPS) is 24.2. The first-order valence-electron chi connectivity index (χ1n) is 10.1. The molecule has 2 aliphatic rings. The molecule has 2 heterocycles. The monoisotopic (exact) mass is 456 g/mol. The van der Waals surface area contributed by atoms with Crippen LogP contribution in [0.5, 0.6) is 0 Å². The predicted molar refractivity (Wildman–Crippen MR) is 115 cm³/mol. The van der Waals surface area contributed by atoms with Gasteiger partial charge in [-0.3, -0.25) is 29.8 Å². The van der Waals surface area contributed by atoms with Gasteiger partial charge in [0.25, 0.3) is 5.69 Å². The first-order chi connectivity index (χ1) is 15.7. The highest BCUT2D eigenvalue weighted by atomic mass is 19.1. The van der Waals surface area contributed by atoms with Gasteiger partial charge in [0.1, 0.15) is 5.82 Å². The number of benzene rings is 2. The van der Waals surface area contributed by atoms with Crippen molar-refractivity contribution in [2.24, 2.45) is 11.8 Å². The third-order valence-corrected chi connectivity index (χ3v) is 5.62. The maximum atomic E-state index is 13.1. The Bertz CT molecular complexity index is 1120. The fourth-order valence-corrected chi connectivity index (χ4v) is 3.99. The summed E-state index contributed by atoms with van der Waals surface area (Å²) < 4.78 is 13.1. The van der Waals surface area contributed by atoms with Crippen LogP contribution in [0.2, 0.25) is 0 Å². The number of nitrogens with zero attached hydrogens (tertiary/aromatic N) is 1. The molecular weight excluding hydrogens is 435 g/mol. The van der Waals surface area contributed by atoms with E-state index in [1.807, 2.05) is 0 Å². The molecule has 4 atom stereocenters. The van der Waals surface area contributed by atoms with Crippen LogP contribution >= 0.6 is 0 Å². The summed E-state index contributed by atoms with van der Waals surface area (Å²) in [6, 6.07) is 9.75. The lowest BCUT2D eigenvalue weighted by atomic mass is 9.81. The molecule has 3 amide bonds. The third-order valence-electron chi connectivity index (χ3n) is 5.62. The van der Waals surface area contributed by atoms with Crippen molar-refractivity contribution in [3.05, 3.63) is 64.0 Å². The van der Waals surface area contributed by atoms with Crippen LogP contribution in [0.15, 0.2) is 42.5 Å². The van der Waals surface area contributed by atoms with Gasteiger partial charge in [0, 0.05) is 29.4 Å². The number of hydrogen-bond donors (Lipinski definition) is 5. The van der Waals surface area contributed by atoms with Crippen molar-refractivity contribution in [1.29, 1.82) is 0 Å². The zero-order chi connectivity index (χ0) is 23.7. The molecule has 2 fully saturated rings. The predicted octanol–water partition coefficient (Wildman–Crippen LogP) is 1.17. The van der Waals surface area contributed by atoms with E-state index in [4.69, 9.17) is 0 Å². The molecule has 0 aliphatic carbocycles. The van der Waals surface area contributed by atoms with Crippen LogP contribution in [0.25, 0.3) is 0 Å². The smallest absolute Gasteiger partial charge is 0.274 e. The van der Waals surface area contributed by atoms with Gasteiger partial charge in [-0.1, -0.05) is 6.07 Å². The number of carbonyl (C=O) groups excluding carboxylic acids is 3. The van der Waals surface area contributed by atoms with E-state index in [1.165, 1.54) is 42.5 Å². The number of carbonyl (C=O) groups is 3. The number of nitrogens with one attached hydrogen (secondary N) is 5. The van der Waals surface area contributed by atoms with Crippen molar-refractivity contribution in [3.8, 4) is 0 Å². The number of anilines is 2. The molecule has 5 N–H and O–H groups in total. The molecule has 2 aromatic rings. The van der Waals surface area contributed by atoms with Crippen molar-refractivity contribution in [3.63, 3.8) is 0 Å². The summed E-state index contributed by atoms with van der Waals surface area (Å²) in [4.78, 5) is 48.7. The maximum absolute atomic E-state index is 13.1. The van der Waals surface area contributed by atoms with E-state index in [-0.39, 0.29) is 17.8 Å². The molecule has 0 radical (unpaired) electrons. The third kappa shape index (κ3) is 4.75. The number of halogens is 1. The highest BCUT2D eigenvalue weighted by molar-refractivity contribution is 6.00. The van der Waals surface area contributed by atoms with Gasteiger partial charge in [0.15, 0.2) is 6.29 Å².